The molecule has 0 bridgehead atoms. The van der Waals surface area contributed by atoms with Gasteiger partial charge in [-0.3, -0.25) is 9.56 Å². The zero-order valence-electron chi connectivity index (χ0n) is 14.6. The summed E-state index contributed by atoms with van der Waals surface area (Å²) < 4.78 is 56.1. The van der Waals surface area contributed by atoms with Crippen LogP contribution in [-0.2, 0) is 12.7 Å². The molecule has 0 unspecified atom stereocenters. The molecular formula is C20H15F4N3. The third-order valence-corrected chi connectivity index (χ3v) is 4.74. The molecule has 3 nitrogen and oxygen atoms in total. The van der Waals surface area contributed by atoms with Gasteiger partial charge in [-0.15, -0.1) is 0 Å². The number of hydrogen-bond donors (Lipinski definition) is 0. The first-order valence-corrected chi connectivity index (χ1v) is 8.33. The number of aromatic nitrogens is 2. The van der Waals surface area contributed by atoms with E-state index in [2.05, 4.69) is 9.98 Å². The van der Waals surface area contributed by atoms with E-state index in [1.165, 1.54) is 24.3 Å². The van der Waals surface area contributed by atoms with E-state index in [0.29, 0.717) is 11.5 Å². The van der Waals surface area contributed by atoms with Crippen molar-refractivity contribution < 1.29 is 17.6 Å². The number of benzene rings is 2. The number of fused-ring (bicyclic) bond motifs is 3. The van der Waals surface area contributed by atoms with Gasteiger partial charge in [-0.1, -0.05) is 12.1 Å². The topological polar surface area (TPSA) is 30.2 Å². The molecule has 0 spiro atoms. The normalized spacial score (nSPS) is 13.6. The van der Waals surface area contributed by atoms with Crippen LogP contribution in [0.25, 0.3) is 5.69 Å². The summed E-state index contributed by atoms with van der Waals surface area (Å²) in [6, 6.07) is 9.41. The van der Waals surface area contributed by atoms with Gasteiger partial charge in [0.25, 0.3) is 0 Å². The molecular weight excluding hydrogens is 358 g/mol. The van der Waals surface area contributed by atoms with Crippen LogP contribution >= 0.6 is 0 Å². The van der Waals surface area contributed by atoms with Crippen molar-refractivity contribution in [3.63, 3.8) is 0 Å². The third kappa shape index (κ3) is 2.83. The van der Waals surface area contributed by atoms with Crippen molar-refractivity contribution in [3.05, 3.63) is 82.2 Å². The van der Waals surface area contributed by atoms with Crippen LogP contribution in [0.15, 0.2) is 47.5 Å². The summed E-state index contributed by atoms with van der Waals surface area (Å²) in [4.78, 5) is 8.91. The maximum Gasteiger partial charge on any atom is 0.416 e. The number of alkyl halides is 3. The molecule has 4 rings (SSSR count). The van der Waals surface area contributed by atoms with Gasteiger partial charge >= 0.3 is 6.18 Å². The van der Waals surface area contributed by atoms with Gasteiger partial charge in [-0.25, -0.2) is 9.37 Å². The van der Waals surface area contributed by atoms with Crippen LogP contribution in [0.4, 0.5) is 17.6 Å². The van der Waals surface area contributed by atoms with Crippen LogP contribution in [0.5, 0.6) is 0 Å². The third-order valence-electron chi connectivity index (χ3n) is 4.74. The summed E-state index contributed by atoms with van der Waals surface area (Å²) in [7, 11) is 0. The van der Waals surface area contributed by atoms with E-state index >= 15 is 0 Å². The first kappa shape index (κ1) is 17.5. The Kier molecular flexibility index (Phi) is 3.91. The predicted molar refractivity (Wildman–Crippen MR) is 93.8 cm³/mol. The van der Waals surface area contributed by atoms with E-state index in [4.69, 9.17) is 0 Å². The number of aryl methyl sites for hydroxylation is 1. The summed E-state index contributed by atoms with van der Waals surface area (Å²) in [6.45, 7) is 3.83. The highest BCUT2D eigenvalue weighted by Gasteiger charge is 2.33. The molecule has 2 heterocycles. The summed E-state index contributed by atoms with van der Waals surface area (Å²) in [5.41, 5.74) is 1.89. The Hall–Kier alpha value is -2.96. The lowest BCUT2D eigenvalue weighted by Gasteiger charge is -2.16. The Balaban J connectivity index is 2.04. The highest BCUT2D eigenvalue weighted by molar-refractivity contribution is 6.15. The zero-order chi connectivity index (χ0) is 19.3. The lowest BCUT2D eigenvalue weighted by atomic mass is 9.97. The van der Waals surface area contributed by atoms with Crippen molar-refractivity contribution in [2.75, 3.05) is 0 Å². The van der Waals surface area contributed by atoms with Crippen LogP contribution in [-0.4, -0.2) is 15.3 Å². The summed E-state index contributed by atoms with van der Waals surface area (Å²) in [6.07, 6.45) is -4.51. The second kappa shape index (κ2) is 6.04. The Morgan fingerprint density at radius 1 is 1.00 bits per heavy atom. The Morgan fingerprint density at radius 2 is 1.74 bits per heavy atom. The molecule has 0 saturated heterocycles. The first-order chi connectivity index (χ1) is 12.8. The van der Waals surface area contributed by atoms with Gasteiger partial charge in [0, 0.05) is 16.8 Å². The smallest absolute Gasteiger partial charge is 0.298 e. The highest BCUT2D eigenvalue weighted by Crippen LogP contribution is 2.34. The largest absolute Gasteiger partial charge is 0.416 e. The Labute approximate surface area is 153 Å². The molecule has 0 radical (unpaired) electrons. The minimum Gasteiger partial charge on any atom is -0.298 e. The average molecular weight is 373 g/mol. The van der Waals surface area contributed by atoms with Crippen molar-refractivity contribution >= 4 is 5.71 Å². The van der Waals surface area contributed by atoms with E-state index in [9.17, 15) is 17.6 Å². The molecule has 0 fully saturated rings. The number of nitrogens with zero attached hydrogens (tertiary/aromatic N) is 3. The average Bonchev–Trinajstić information content (AvgIpc) is 2.80. The Bertz CT molecular complexity index is 1080. The number of aliphatic imine (C=N–C) groups is 1. The van der Waals surface area contributed by atoms with Crippen LogP contribution in [0.1, 0.15) is 33.9 Å². The zero-order valence-corrected chi connectivity index (χ0v) is 14.6. The second-order valence-corrected chi connectivity index (χ2v) is 6.41. The molecule has 0 saturated carbocycles. The van der Waals surface area contributed by atoms with Gasteiger partial charge in [-0.05, 0) is 44.2 Å². The van der Waals surface area contributed by atoms with E-state index < -0.39 is 17.6 Å². The quantitative estimate of drug-likeness (QED) is 0.552. The molecule has 1 aromatic heterocycles. The SMILES string of the molecule is Cc1nc2n(c1C)-c1ccc(C(F)(F)F)cc1C(c1ccccc1F)=NC2. The predicted octanol–water partition coefficient (Wildman–Crippen LogP) is 5.00. The molecule has 0 amide bonds. The van der Waals surface area contributed by atoms with E-state index in [-0.39, 0.29) is 23.4 Å². The molecule has 0 N–H and O–H groups in total. The molecule has 0 aliphatic carbocycles. The molecule has 1 aliphatic heterocycles. The van der Waals surface area contributed by atoms with Crippen LogP contribution in [0.3, 0.4) is 0 Å². The molecule has 138 valence electrons. The van der Waals surface area contributed by atoms with Crippen molar-refractivity contribution in [3.8, 4) is 5.69 Å². The summed E-state index contributed by atoms with van der Waals surface area (Å²) >= 11 is 0. The molecule has 3 aromatic rings. The number of rotatable bonds is 1. The fraction of sp³-hybridized carbons (Fsp3) is 0.200. The first-order valence-electron chi connectivity index (χ1n) is 8.33. The fourth-order valence-corrected chi connectivity index (χ4v) is 3.32. The lowest BCUT2D eigenvalue weighted by molar-refractivity contribution is -0.137. The van der Waals surface area contributed by atoms with Crippen LogP contribution in [0, 0.1) is 19.7 Å². The molecule has 2 aromatic carbocycles. The maximum absolute atomic E-state index is 14.4. The molecule has 1 aliphatic rings. The fourth-order valence-electron chi connectivity index (χ4n) is 3.32. The van der Waals surface area contributed by atoms with Crippen molar-refractivity contribution in [1.29, 1.82) is 0 Å². The van der Waals surface area contributed by atoms with Gasteiger partial charge in [-0.2, -0.15) is 13.2 Å². The Morgan fingerprint density at radius 3 is 2.44 bits per heavy atom. The van der Waals surface area contributed by atoms with Gasteiger partial charge < -0.3 is 0 Å². The molecule has 27 heavy (non-hydrogen) atoms. The van der Waals surface area contributed by atoms with Crippen molar-refractivity contribution in [1.82, 2.24) is 9.55 Å². The number of hydrogen-bond acceptors (Lipinski definition) is 2. The summed E-state index contributed by atoms with van der Waals surface area (Å²) in [5, 5.41) is 0. The van der Waals surface area contributed by atoms with Crippen molar-refractivity contribution in [2.45, 2.75) is 26.6 Å². The van der Waals surface area contributed by atoms with Crippen LogP contribution < -0.4 is 0 Å². The van der Waals surface area contributed by atoms with Crippen LogP contribution in [0.2, 0.25) is 0 Å². The highest BCUT2D eigenvalue weighted by atomic mass is 19.4. The van der Waals surface area contributed by atoms with Gasteiger partial charge in [0.1, 0.15) is 11.6 Å². The van der Waals surface area contributed by atoms with E-state index in [1.807, 2.05) is 13.8 Å². The van der Waals surface area contributed by atoms with Gasteiger partial charge in [0.05, 0.1) is 29.2 Å². The van der Waals surface area contributed by atoms with E-state index in [0.717, 1.165) is 23.5 Å². The maximum atomic E-state index is 14.4. The number of imidazole rings is 1. The second-order valence-electron chi connectivity index (χ2n) is 6.41. The number of halogens is 4. The van der Waals surface area contributed by atoms with Gasteiger partial charge in [0.15, 0.2) is 0 Å². The monoisotopic (exact) mass is 373 g/mol. The molecule has 7 heteroatoms. The minimum absolute atomic E-state index is 0.147. The lowest BCUT2D eigenvalue weighted by Crippen LogP contribution is -2.13. The summed E-state index contributed by atoms with van der Waals surface area (Å²) in [5.74, 6) is 0.0735. The standard InChI is InChI=1S/C20H15F4N3/c1-11-12(2)27-17-8-7-13(20(22,23)24)9-15(17)19(25-10-18(27)26-11)14-5-3-4-6-16(14)21/h3-9H,10H2,1-2H3. The van der Waals surface area contributed by atoms with Crippen molar-refractivity contribution in [2.24, 2.45) is 4.99 Å². The molecule has 0 atom stereocenters. The minimum atomic E-state index is -4.51. The van der Waals surface area contributed by atoms with E-state index in [1.54, 1.807) is 10.6 Å². The van der Waals surface area contributed by atoms with Gasteiger partial charge in [0.2, 0.25) is 0 Å².